The van der Waals surface area contributed by atoms with Crippen LogP contribution in [0.5, 0.6) is 0 Å². The van der Waals surface area contributed by atoms with E-state index in [0.29, 0.717) is 5.17 Å². The Labute approximate surface area is 119 Å². The molecule has 0 bridgehead atoms. The highest BCUT2D eigenvalue weighted by Crippen LogP contribution is 2.24. The van der Waals surface area contributed by atoms with E-state index < -0.39 is 0 Å². The molecule has 1 aromatic carbocycles. The first kappa shape index (κ1) is 15.4. The number of aryl methyl sites for hydroxylation is 1. The van der Waals surface area contributed by atoms with Gasteiger partial charge < -0.3 is 4.90 Å². The number of azo groups is 1. The van der Waals surface area contributed by atoms with Crippen molar-refractivity contribution in [2.45, 2.75) is 13.8 Å². The normalized spacial score (nSPS) is 11.9. The lowest BCUT2D eigenvalue weighted by Gasteiger charge is -2.15. The van der Waals surface area contributed by atoms with Crippen LogP contribution in [0.4, 0.5) is 11.4 Å². The van der Waals surface area contributed by atoms with Gasteiger partial charge in [-0.05, 0) is 42.5 Å². The van der Waals surface area contributed by atoms with Gasteiger partial charge in [-0.15, -0.1) is 10.2 Å². The summed E-state index contributed by atoms with van der Waals surface area (Å²) in [5, 5.41) is 8.95. The second kappa shape index (κ2) is 7.09. The topological polar surface area (TPSA) is 40.3 Å². The standard InChI is InChI=1S/C14H20N4S/c1-10(2)19-14(15-4)17-16-12-7-8-13(18(5)6)11(3)9-12/h7-9H,1H2,2-6H3/b15-14+,17-16?. The average Bonchev–Trinajstić information content (AvgIpc) is 2.33. The summed E-state index contributed by atoms with van der Waals surface area (Å²) in [6, 6.07) is 6.00. The van der Waals surface area contributed by atoms with Crippen LogP contribution in [-0.2, 0) is 0 Å². The molecule has 19 heavy (non-hydrogen) atoms. The van der Waals surface area contributed by atoms with Gasteiger partial charge in [-0.3, -0.25) is 4.99 Å². The van der Waals surface area contributed by atoms with Crippen molar-refractivity contribution in [3.8, 4) is 0 Å². The number of nitrogens with zero attached hydrogens (tertiary/aromatic N) is 4. The third kappa shape index (κ3) is 4.87. The van der Waals surface area contributed by atoms with Crippen molar-refractivity contribution in [3.63, 3.8) is 0 Å². The molecule has 0 radical (unpaired) electrons. The summed E-state index contributed by atoms with van der Waals surface area (Å²) in [6.07, 6.45) is 0. The number of allylic oxidation sites excluding steroid dienone is 1. The van der Waals surface area contributed by atoms with E-state index in [1.807, 2.05) is 39.2 Å². The van der Waals surface area contributed by atoms with Gasteiger partial charge in [0.25, 0.3) is 0 Å². The van der Waals surface area contributed by atoms with Crippen LogP contribution in [0.3, 0.4) is 0 Å². The number of amidine groups is 1. The van der Waals surface area contributed by atoms with Gasteiger partial charge in [0.2, 0.25) is 5.17 Å². The summed E-state index contributed by atoms with van der Waals surface area (Å²) in [7, 11) is 5.74. The Bertz CT molecular complexity index is 518. The van der Waals surface area contributed by atoms with Crippen molar-refractivity contribution in [3.05, 3.63) is 35.2 Å². The lowest BCUT2D eigenvalue weighted by atomic mass is 10.1. The molecule has 4 nitrogen and oxygen atoms in total. The summed E-state index contributed by atoms with van der Waals surface area (Å²) < 4.78 is 0. The largest absolute Gasteiger partial charge is 0.377 e. The van der Waals surface area contributed by atoms with Crippen molar-refractivity contribution in [1.29, 1.82) is 0 Å². The fourth-order valence-corrected chi connectivity index (χ4v) is 2.06. The maximum absolute atomic E-state index is 4.21. The van der Waals surface area contributed by atoms with Crippen LogP contribution in [0, 0.1) is 6.92 Å². The molecule has 0 aliphatic heterocycles. The summed E-state index contributed by atoms with van der Waals surface area (Å²) in [6.45, 7) is 7.80. The summed E-state index contributed by atoms with van der Waals surface area (Å²) in [4.78, 5) is 7.08. The molecule has 102 valence electrons. The van der Waals surface area contributed by atoms with E-state index in [1.54, 1.807) is 7.05 Å². The minimum Gasteiger partial charge on any atom is -0.377 e. The van der Waals surface area contributed by atoms with Crippen molar-refractivity contribution < 1.29 is 0 Å². The highest BCUT2D eigenvalue weighted by atomic mass is 32.2. The lowest BCUT2D eigenvalue weighted by Crippen LogP contribution is -2.09. The number of anilines is 1. The minimum atomic E-state index is 0.613. The predicted octanol–water partition coefficient (Wildman–Crippen LogP) is 4.40. The zero-order valence-corrected chi connectivity index (χ0v) is 13.0. The molecule has 0 atom stereocenters. The van der Waals surface area contributed by atoms with Gasteiger partial charge >= 0.3 is 0 Å². The van der Waals surface area contributed by atoms with Gasteiger partial charge in [-0.25, -0.2) is 0 Å². The van der Waals surface area contributed by atoms with E-state index in [-0.39, 0.29) is 0 Å². The van der Waals surface area contributed by atoms with Gasteiger partial charge in [-0.2, -0.15) is 0 Å². The third-order valence-corrected chi connectivity index (χ3v) is 3.17. The molecule has 0 aliphatic rings. The molecule has 0 unspecified atom stereocenters. The Kier molecular flexibility index (Phi) is 5.76. The Balaban J connectivity index is 2.88. The van der Waals surface area contributed by atoms with E-state index in [2.05, 4.69) is 33.6 Å². The Morgan fingerprint density at radius 1 is 1.32 bits per heavy atom. The fraction of sp³-hybridized carbons (Fsp3) is 0.357. The number of thioether (sulfide) groups is 1. The van der Waals surface area contributed by atoms with E-state index in [1.165, 1.54) is 23.0 Å². The van der Waals surface area contributed by atoms with Gasteiger partial charge in [0.05, 0.1) is 5.69 Å². The molecule has 0 fully saturated rings. The predicted molar refractivity (Wildman–Crippen MR) is 85.8 cm³/mol. The minimum absolute atomic E-state index is 0.613. The maximum Gasteiger partial charge on any atom is 0.208 e. The van der Waals surface area contributed by atoms with E-state index >= 15 is 0 Å². The lowest BCUT2D eigenvalue weighted by molar-refractivity contribution is 1.11. The van der Waals surface area contributed by atoms with Crippen LogP contribution in [-0.4, -0.2) is 26.3 Å². The number of aliphatic imine (C=N–C) groups is 1. The Morgan fingerprint density at radius 2 is 2.00 bits per heavy atom. The summed E-state index contributed by atoms with van der Waals surface area (Å²) in [5.74, 6) is 0. The SMILES string of the molecule is C=C(C)S/C(N=Nc1ccc(N(C)C)c(C)c1)=N/C. The zero-order valence-electron chi connectivity index (χ0n) is 12.1. The molecule has 0 heterocycles. The monoisotopic (exact) mass is 276 g/mol. The van der Waals surface area contributed by atoms with Crippen LogP contribution >= 0.6 is 11.8 Å². The van der Waals surface area contributed by atoms with E-state index in [4.69, 9.17) is 0 Å². The quantitative estimate of drug-likeness (QED) is 0.466. The van der Waals surface area contributed by atoms with Gasteiger partial charge in [-0.1, -0.05) is 18.3 Å². The van der Waals surface area contributed by atoms with Crippen molar-refractivity contribution in [2.24, 2.45) is 15.2 Å². The highest BCUT2D eigenvalue weighted by Gasteiger charge is 2.02. The highest BCUT2D eigenvalue weighted by molar-refractivity contribution is 8.17. The zero-order chi connectivity index (χ0) is 14.4. The number of hydrogen-bond donors (Lipinski definition) is 0. The molecule has 0 spiro atoms. The smallest absolute Gasteiger partial charge is 0.208 e. The molecule has 0 N–H and O–H groups in total. The first-order valence-electron chi connectivity index (χ1n) is 5.94. The molecular weight excluding hydrogens is 256 g/mol. The Hall–Kier alpha value is -1.62. The molecule has 1 aromatic rings. The van der Waals surface area contributed by atoms with Crippen molar-refractivity contribution in [2.75, 3.05) is 26.0 Å². The van der Waals surface area contributed by atoms with Crippen LogP contribution < -0.4 is 4.90 Å². The van der Waals surface area contributed by atoms with E-state index in [0.717, 1.165) is 10.6 Å². The fourth-order valence-electron chi connectivity index (χ4n) is 1.57. The van der Waals surface area contributed by atoms with Gasteiger partial charge in [0.1, 0.15) is 0 Å². The van der Waals surface area contributed by atoms with Crippen LogP contribution in [0.2, 0.25) is 0 Å². The molecular formula is C14H20N4S. The van der Waals surface area contributed by atoms with Crippen LogP contribution in [0.15, 0.2) is 44.9 Å². The van der Waals surface area contributed by atoms with Gasteiger partial charge in [0, 0.05) is 26.8 Å². The molecule has 0 aliphatic carbocycles. The number of benzene rings is 1. The molecule has 1 rings (SSSR count). The first-order valence-corrected chi connectivity index (χ1v) is 6.75. The summed E-state index contributed by atoms with van der Waals surface area (Å²) >= 11 is 1.42. The molecule has 0 aromatic heterocycles. The molecule has 0 saturated carbocycles. The second-order valence-electron chi connectivity index (χ2n) is 4.38. The molecule has 0 amide bonds. The van der Waals surface area contributed by atoms with Crippen molar-refractivity contribution in [1.82, 2.24) is 0 Å². The first-order chi connectivity index (χ1) is 8.93. The van der Waals surface area contributed by atoms with Crippen LogP contribution in [0.25, 0.3) is 0 Å². The average molecular weight is 276 g/mol. The molecule has 0 saturated heterocycles. The van der Waals surface area contributed by atoms with E-state index in [9.17, 15) is 0 Å². The third-order valence-electron chi connectivity index (χ3n) is 2.37. The van der Waals surface area contributed by atoms with Gasteiger partial charge in [0.15, 0.2) is 0 Å². The molecule has 5 heteroatoms. The second-order valence-corrected chi connectivity index (χ2v) is 5.64. The number of hydrogen-bond acceptors (Lipinski definition) is 4. The van der Waals surface area contributed by atoms with Crippen molar-refractivity contribution >= 4 is 28.3 Å². The van der Waals surface area contributed by atoms with Crippen LogP contribution in [0.1, 0.15) is 12.5 Å². The maximum atomic E-state index is 4.21. The summed E-state index contributed by atoms with van der Waals surface area (Å²) in [5.41, 5.74) is 3.18. The number of rotatable bonds is 3. The Morgan fingerprint density at radius 3 is 2.47 bits per heavy atom.